The summed E-state index contributed by atoms with van der Waals surface area (Å²) >= 11 is 0. The average molecular weight is 547 g/mol. The van der Waals surface area contributed by atoms with E-state index in [0.717, 1.165) is 46.6 Å². The summed E-state index contributed by atoms with van der Waals surface area (Å²) in [5.74, 6) is 0.795. The second kappa shape index (κ2) is 11.5. The number of unbranched alkanes of at least 4 members (excludes halogenated alkanes) is 1. The summed E-state index contributed by atoms with van der Waals surface area (Å²) in [5, 5.41) is 11.6. The minimum absolute atomic E-state index is 0.291. The van der Waals surface area contributed by atoms with Crippen molar-refractivity contribution in [1.29, 1.82) is 0 Å². The number of tetrazole rings is 1. The number of imidazole rings is 1. The molecule has 0 saturated heterocycles. The van der Waals surface area contributed by atoms with Crippen molar-refractivity contribution in [2.75, 3.05) is 0 Å². The van der Waals surface area contributed by atoms with Crippen LogP contribution in [0.3, 0.4) is 0 Å². The molecule has 0 aliphatic heterocycles. The molecule has 6 rings (SSSR count). The first-order valence-corrected chi connectivity index (χ1v) is 13.8. The first kappa shape index (κ1) is 26.1. The lowest BCUT2D eigenvalue weighted by Gasteiger charge is -2.12. The molecule has 206 valence electrons. The maximum atomic E-state index is 13.7. The Balaban J connectivity index is 1.35. The lowest BCUT2D eigenvalue weighted by atomic mass is 10.0. The van der Waals surface area contributed by atoms with Crippen LogP contribution in [0.25, 0.3) is 28.0 Å². The normalized spacial score (nSPS) is 11.3. The minimum Gasteiger partial charge on any atom is -0.318 e. The van der Waals surface area contributed by atoms with Gasteiger partial charge in [0.25, 0.3) is 5.56 Å². The molecule has 0 aliphatic carbocycles. The topological polar surface area (TPSA) is 116 Å². The van der Waals surface area contributed by atoms with Gasteiger partial charge in [-0.1, -0.05) is 86.1 Å². The van der Waals surface area contributed by atoms with E-state index in [2.05, 4.69) is 51.7 Å². The Labute approximate surface area is 235 Å². The molecule has 0 radical (unpaired) electrons. The summed E-state index contributed by atoms with van der Waals surface area (Å²) in [7, 11) is 0. The van der Waals surface area contributed by atoms with E-state index in [-0.39, 0.29) is 5.56 Å². The number of hydrogen-bond acceptors (Lipinski definition) is 6. The number of H-pyrrole nitrogens is 1. The first-order valence-electron chi connectivity index (χ1n) is 13.8. The van der Waals surface area contributed by atoms with E-state index < -0.39 is 5.69 Å². The second-order valence-electron chi connectivity index (χ2n) is 10.0. The number of fused-ring (bicyclic) bond motifs is 1. The standard InChI is InChI=1S/C31H30N8O2/c1-2-3-13-27-33-29-28(30(40)37(31(41)34-29)19-18-22-9-5-4-6-10-22)38(27)20-23-14-16-24(17-15-23)25-11-7-8-12-26(25)39-21-32-35-36-39/h4-12,14-17,21H,2-3,13,18-20H2,1H3,(H,34,41). The number of aryl methyl sites for hydroxylation is 2. The highest BCUT2D eigenvalue weighted by Crippen LogP contribution is 2.27. The number of hydrogen-bond donors (Lipinski definition) is 1. The van der Waals surface area contributed by atoms with Crippen LogP contribution >= 0.6 is 0 Å². The Morgan fingerprint density at radius 2 is 1.61 bits per heavy atom. The second-order valence-corrected chi connectivity index (χ2v) is 10.0. The predicted octanol–water partition coefficient (Wildman–Crippen LogP) is 4.16. The van der Waals surface area contributed by atoms with Gasteiger partial charge in [0.05, 0.1) is 5.69 Å². The van der Waals surface area contributed by atoms with Gasteiger partial charge in [0.15, 0.2) is 11.2 Å². The Kier molecular flexibility index (Phi) is 7.36. The summed E-state index contributed by atoms with van der Waals surface area (Å²) in [5.41, 5.74) is 5.01. The highest BCUT2D eigenvalue weighted by Gasteiger charge is 2.18. The lowest BCUT2D eigenvalue weighted by molar-refractivity contribution is 0.629. The summed E-state index contributed by atoms with van der Waals surface area (Å²) < 4.78 is 4.90. The molecule has 0 fully saturated rings. The number of aromatic amines is 1. The van der Waals surface area contributed by atoms with Crippen LogP contribution < -0.4 is 11.2 Å². The van der Waals surface area contributed by atoms with Crippen molar-refractivity contribution in [3.63, 3.8) is 0 Å². The quantitative estimate of drug-likeness (QED) is 0.276. The Morgan fingerprint density at radius 1 is 0.829 bits per heavy atom. The molecule has 6 aromatic rings. The zero-order valence-corrected chi connectivity index (χ0v) is 22.8. The van der Waals surface area contributed by atoms with Gasteiger partial charge in [-0.15, -0.1) is 5.10 Å². The third-order valence-corrected chi connectivity index (χ3v) is 7.29. The molecule has 3 aromatic heterocycles. The van der Waals surface area contributed by atoms with E-state index in [9.17, 15) is 9.59 Å². The largest absolute Gasteiger partial charge is 0.330 e. The van der Waals surface area contributed by atoms with Gasteiger partial charge in [-0.05, 0) is 46.0 Å². The van der Waals surface area contributed by atoms with Gasteiger partial charge in [0, 0.05) is 25.1 Å². The molecule has 0 aliphatic rings. The highest BCUT2D eigenvalue weighted by atomic mass is 16.2. The Hall–Kier alpha value is -5.12. The van der Waals surface area contributed by atoms with E-state index in [1.54, 1.807) is 11.0 Å². The molecule has 41 heavy (non-hydrogen) atoms. The van der Waals surface area contributed by atoms with Crippen molar-refractivity contribution in [3.05, 3.63) is 123 Å². The van der Waals surface area contributed by atoms with Crippen molar-refractivity contribution in [2.45, 2.75) is 45.7 Å². The molecule has 10 nitrogen and oxygen atoms in total. The molecular formula is C31H30N8O2. The fourth-order valence-electron chi connectivity index (χ4n) is 5.14. The molecule has 0 spiro atoms. The van der Waals surface area contributed by atoms with Crippen LogP contribution in [0.2, 0.25) is 0 Å². The van der Waals surface area contributed by atoms with Crippen LogP contribution in [0.1, 0.15) is 36.7 Å². The van der Waals surface area contributed by atoms with Crippen molar-refractivity contribution >= 4 is 11.2 Å². The molecule has 0 unspecified atom stereocenters. The molecule has 0 amide bonds. The summed E-state index contributed by atoms with van der Waals surface area (Å²) in [6.45, 7) is 2.88. The molecule has 0 atom stereocenters. The van der Waals surface area contributed by atoms with Gasteiger partial charge < -0.3 is 4.57 Å². The number of nitrogens with one attached hydrogen (secondary N) is 1. The van der Waals surface area contributed by atoms with Crippen LogP contribution in [0, 0.1) is 0 Å². The SMILES string of the molecule is CCCCc1nc2[nH]c(=O)n(CCc3ccccc3)c(=O)c2n1Cc1ccc(-c2ccccc2-n2cnnn2)cc1. The first-order chi connectivity index (χ1) is 20.1. The van der Waals surface area contributed by atoms with E-state index in [1.165, 1.54) is 4.57 Å². The number of benzene rings is 3. The zero-order chi connectivity index (χ0) is 28.2. The number of rotatable bonds is 10. The van der Waals surface area contributed by atoms with Gasteiger partial charge in [-0.3, -0.25) is 14.3 Å². The molecule has 3 heterocycles. The monoisotopic (exact) mass is 546 g/mol. The van der Waals surface area contributed by atoms with E-state index in [1.807, 2.05) is 59.2 Å². The molecule has 10 heteroatoms. The molecule has 3 aromatic carbocycles. The third-order valence-electron chi connectivity index (χ3n) is 7.29. The van der Waals surface area contributed by atoms with Crippen LogP contribution in [-0.4, -0.2) is 39.3 Å². The van der Waals surface area contributed by atoms with E-state index in [4.69, 9.17) is 4.98 Å². The fourth-order valence-corrected chi connectivity index (χ4v) is 5.14. The summed E-state index contributed by atoms with van der Waals surface area (Å²) in [4.78, 5) is 34.2. The molecule has 0 saturated carbocycles. The third kappa shape index (κ3) is 5.36. The van der Waals surface area contributed by atoms with Crippen LogP contribution in [0.4, 0.5) is 0 Å². The average Bonchev–Trinajstić information content (AvgIpc) is 3.66. The zero-order valence-electron chi connectivity index (χ0n) is 22.8. The maximum absolute atomic E-state index is 13.7. The molecule has 0 bridgehead atoms. The van der Waals surface area contributed by atoms with Crippen molar-refractivity contribution in [2.24, 2.45) is 0 Å². The van der Waals surface area contributed by atoms with Crippen molar-refractivity contribution in [1.82, 2.24) is 39.3 Å². The van der Waals surface area contributed by atoms with E-state index >= 15 is 0 Å². The number of para-hydroxylation sites is 1. The molecular weight excluding hydrogens is 516 g/mol. The van der Waals surface area contributed by atoms with Crippen LogP contribution in [-0.2, 0) is 25.9 Å². The van der Waals surface area contributed by atoms with Crippen molar-refractivity contribution in [3.8, 4) is 16.8 Å². The van der Waals surface area contributed by atoms with Gasteiger partial charge in [0.2, 0.25) is 0 Å². The number of aromatic nitrogens is 8. The smallest absolute Gasteiger partial charge is 0.318 e. The number of nitrogens with zero attached hydrogens (tertiary/aromatic N) is 7. The highest BCUT2D eigenvalue weighted by molar-refractivity contribution is 5.73. The van der Waals surface area contributed by atoms with Gasteiger partial charge >= 0.3 is 5.69 Å². The fraction of sp³-hybridized carbons (Fsp3) is 0.226. The van der Waals surface area contributed by atoms with Gasteiger partial charge in [-0.25, -0.2) is 9.78 Å². The van der Waals surface area contributed by atoms with Crippen LogP contribution in [0.15, 0.2) is 94.8 Å². The maximum Gasteiger partial charge on any atom is 0.330 e. The molecule has 1 N–H and O–H groups in total. The lowest BCUT2D eigenvalue weighted by Crippen LogP contribution is -2.36. The summed E-state index contributed by atoms with van der Waals surface area (Å²) in [6, 6.07) is 26.0. The van der Waals surface area contributed by atoms with Gasteiger partial charge in [-0.2, -0.15) is 4.68 Å². The van der Waals surface area contributed by atoms with Gasteiger partial charge in [0.1, 0.15) is 12.2 Å². The summed E-state index contributed by atoms with van der Waals surface area (Å²) in [6.07, 6.45) is 4.80. The van der Waals surface area contributed by atoms with Crippen LogP contribution in [0.5, 0.6) is 0 Å². The predicted molar refractivity (Wildman–Crippen MR) is 157 cm³/mol. The van der Waals surface area contributed by atoms with E-state index in [0.29, 0.717) is 37.1 Å². The van der Waals surface area contributed by atoms with Crippen molar-refractivity contribution < 1.29 is 0 Å². The minimum atomic E-state index is -0.435. The Morgan fingerprint density at radius 3 is 2.37 bits per heavy atom. The Bertz CT molecular complexity index is 1890.